The van der Waals surface area contributed by atoms with E-state index in [0.29, 0.717) is 23.6 Å². The molecule has 0 atom stereocenters. The minimum absolute atomic E-state index is 0. The molecule has 0 spiro atoms. The zero-order valence-corrected chi connectivity index (χ0v) is 15.8. The first-order valence-corrected chi connectivity index (χ1v) is 9.24. The molecule has 0 fully saturated rings. The number of hydrogen-bond acceptors (Lipinski definition) is 4. The quantitative estimate of drug-likeness (QED) is 0.823. The molecule has 3 N–H and O–H groups in total. The summed E-state index contributed by atoms with van der Waals surface area (Å²) in [4.78, 5) is 1.06. The van der Waals surface area contributed by atoms with Crippen LogP contribution in [0.15, 0.2) is 16.3 Å². The average molecular weight is 355 g/mol. The van der Waals surface area contributed by atoms with E-state index in [0.717, 1.165) is 4.88 Å². The molecule has 124 valence electrons. The average Bonchev–Trinajstić information content (AvgIpc) is 2.86. The van der Waals surface area contributed by atoms with Gasteiger partial charge in [-0.2, -0.15) is 0 Å². The second-order valence-electron chi connectivity index (χ2n) is 6.17. The summed E-state index contributed by atoms with van der Waals surface area (Å²) in [5.41, 5.74) is 5.17. The van der Waals surface area contributed by atoms with E-state index in [1.54, 1.807) is 6.07 Å². The van der Waals surface area contributed by atoms with Crippen LogP contribution in [0.1, 0.15) is 52.3 Å². The Morgan fingerprint density at radius 3 is 2.05 bits per heavy atom. The number of hydrogen-bond donors (Lipinski definition) is 2. The van der Waals surface area contributed by atoms with E-state index in [4.69, 9.17) is 5.73 Å². The predicted molar refractivity (Wildman–Crippen MR) is 93.0 cm³/mol. The summed E-state index contributed by atoms with van der Waals surface area (Å²) in [6.07, 6.45) is 1.35. The number of rotatable bonds is 6. The number of thiophene rings is 1. The SMILES string of the molecule is CCC(CC)(CN)NS(=O)(=O)c1ccc(C(C)(C)C)s1.Cl. The molecule has 0 saturated heterocycles. The first-order valence-electron chi connectivity index (χ1n) is 6.94. The smallest absolute Gasteiger partial charge is 0.250 e. The second kappa shape index (κ2) is 7.42. The van der Waals surface area contributed by atoms with Crippen LogP contribution in [-0.4, -0.2) is 20.5 Å². The van der Waals surface area contributed by atoms with Crippen LogP contribution in [0.2, 0.25) is 0 Å². The van der Waals surface area contributed by atoms with Gasteiger partial charge in [-0.3, -0.25) is 0 Å². The van der Waals surface area contributed by atoms with Crippen LogP contribution >= 0.6 is 23.7 Å². The van der Waals surface area contributed by atoms with Crippen LogP contribution in [-0.2, 0) is 15.4 Å². The molecule has 0 aromatic carbocycles. The van der Waals surface area contributed by atoms with Gasteiger partial charge >= 0.3 is 0 Å². The van der Waals surface area contributed by atoms with Crippen molar-refractivity contribution in [3.05, 3.63) is 17.0 Å². The van der Waals surface area contributed by atoms with Crippen molar-refractivity contribution in [3.63, 3.8) is 0 Å². The van der Waals surface area contributed by atoms with Gasteiger partial charge in [-0.15, -0.1) is 23.7 Å². The lowest BCUT2D eigenvalue weighted by Crippen LogP contribution is -2.52. The molecule has 4 nitrogen and oxygen atoms in total. The molecule has 1 aromatic heterocycles. The maximum absolute atomic E-state index is 12.5. The fourth-order valence-corrected chi connectivity index (χ4v) is 4.85. The highest BCUT2D eigenvalue weighted by Crippen LogP contribution is 2.32. The Morgan fingerprint density at radius 1 is 1.19 bits per heavy atom. The van der Waals surface area contributed by atoms with Crippen molar-refractivity contribution in [2.24, 2.45) is 5.73 Å². The summed E-state index contributed by atoms with van der Waals surface area (Å²) >= 11 is 1.33. The van der Waals surface area contributed by atoms with E-state index in [1.807, 2.05) is 19.9 Å². The lowest BCUT2D eigenvalue weighted by atomic mass is 9.95. The van der Waals surface area contributed by atoms with Crippen molar-refractivity contribution in [3.8, 4) is 0 Å². The first-order chi connectivity index (χ1) is 9.10. The summed E-state index contributed by atoms with van der Waals surface area (Å²) in [6.45, 7) is 10.4. The van der Waals surface area contributed by atoms with E-state index < -0.39 is 15.6 Å². The van der Waals surface area contributed by atoms with Crippen LogP contribution in [0.3, 0.4) is 0 Å². The van der Waals surface area contributed by atoms with E-state index in [2.05, 4.69) is 25.5 Å². The fourth-order valence-electron chi connectivity index (χ4n) is 1.93. The summed E-state index contributed by atoms with van der Waals surface area (Å²) in [7, 11) is -3.51. The molecule has 0 aliphatic rings. The second-order valence-corrected chi connectivity index (χ2v) is 9.16. The molecule has 21 heavy (non-hydrogen) atoms. The molecule has 7 heteroatoms. The first kappa shape index (κ1) is 20.9. The highest BCUT2D eigenvalue weighted by atomic mass is 35.5. The maximum Gasteiger partial charge on any atom is 0.250 e. The third-order valence-electron chi connectivity index (χ3n) is 3.68. The van der Waals surface area contributed by atoms with Crippen molar-refractivity contribution in [2.45, 2.75) is 62.6 Å². The zero-order chi connectivity index (χ0) is 15.6. The van der Waals surface area contributed by atoms with Gasteiger partial charge in [0.15, 0.2) is 0 Å². The Morgan fingerprint density at radius 2 is 1.71 bits per heavy atom. The van der Waals surface area contributed by atoms with Crippen LogP contribution in [0, 0.1) is 0 Å². The third kappa shape index (κ3) is 4.93. The van der Waals surface area contributed by atoms with Crippen LogP contribution < -0.4 is 10.5 Å². The predicted octanol–water partition coefficient (Wildman–Crippen LogP) is 3.26. The molecule has 0 bridgehead atoms. The molecule has 1 rings (SSSR count). The van der Waals surface area contributed by atoms with Gasteiger partial charge in [0.2, 0.25) is 0 Å². The van der Waals surface area contributed by atoms with E-state index in [1.165, 1.54) is 11.3 Å². The summed E-state index contributed by atoms with van der Waals surface area (Å²) < 4.78 is 28.2. The van der Waals surface area contributed by atoms with Gasteiger partial charge in [-0.25, -0.2) is 13.1 Å². The molecule has 0 aliphatic carbocycles. The van der Waals surface area contributed by atoms with Gasteiger partial charge in [-0.05, 0) is 30.4 Å². The normalized spacial score (nSPS) is 13.0. The standard InChI is InChI=1S/C14H26N2O2S2.ClH/c1-6-14(7-2,10-15)16-20(17,18)12-9-8-11(19-12)13(3,4)5;/h8-9,16H,6-7,10,15H2,1-5H3;1H. The fraction of sp³-hybridized carbons (Fsp3) is 0.714. The Balaban J connectivity index is 0.00000400. The molecule has 0 saturated carbocycles. The van der Waals surface area contributed by atoms with Crippen LogP contribution in [0.5, 0.6) is 0 Å². The molecule has 0 amide bonds. The lowest BCUT2D eigenvalue weighted by molar-refractivity contribution is 0.363. The maximum atomic E-state index is 12.5. The minimum Gasteiger partial charge on any atom is -0.329 e. The van der Waals surface area contributed by atoms with Gasteiger partial charge in [-0.1, -0.05) is 34.6 Å². The van der Waals surface area contributed by atoms with Gasteiger partial charge in [0.05, 0.1) is 0 Å². The third-order valence-corrected chi connectivity index (χ3v) is 7.26. The Bertz CT molecular complexity index is 535. The van der Waals surface area contributed by atoms with Crippen LogP contribution in [0.4, 0.5) is 0 Å². The van der Waals surface area contributed by atoms with Gasteiger partial charge in [0, 0.05) is 17.0 Å². The summed E-state index contributed by atoms with van der Waals surface area (Å²) in [5, 5.41) is 0. The summed E-state index contributed by atoms with van der Waals surface area (Å²) in [5.74, 6) is 0. The lowest BCUT2D eigenvalue weighted by Gasteiger charge is -2.30. The Labute approximate surface area is 139 Å². The molecule has 0 radical (unpaired) electrons. The molecule has 1 heterocycles. The van der Waals surface area contributed by atoms with E-state index in [-0.39, 0.29) is 17.8 Å². The number of sulfonamides is 1. The highest BCUT2D eigenvalue weighted by molar-refractivity contribution is 7.91. The van der Waals surface area contributed by atoms with Gasteiger partial charge in [0.25, 0.3) is 10.0 Å². The Hall–Kier alpha value is -0.140. The van der Waals surface area contributed by atoms with E-state index in [9.17, 15) is 8.42 Å². The van der Waals surface area contributed by atoms with Crippen molar-refractivity contribution >= 4 is 33.8 Å². The topological polar surface area (TPSA) is 72.2 Å². The van der Waals surface area contributed by atoms with Crippen molar-refractivity contribution in [2.75, 3.05) is 6.54 Å². The Kier molecular flexibility index (Phi) is 7.37. The zero-order valence-electron chi connectivity index (χ0n) is 13.4. The van der Waals surface area contributed by atoms with Crippen molar-refractivity contribution in [1.29, 1.82) is 0 Å². The van der Waals surface area contributed by atoms with Crippen molar-refractivity contribution < 1.29 is 8.42 Å². The van der Waals surface area contributed by atoms with Gasteiger partial charge in [0.1, 0.15) is 4.21 Å². The van der Waals surface area contributed by atoms with Crippen molar-refractivity contribution in [1.82, 2.24) is 4.72 Å². The highest BCUT2D eigenvalue weighted by Gasteiger charge is 2.32. The molecule has 0 aliphatic heterocycles. The molecule has 0 unspecified atom stereocenters. The minimum atomic E-state index is -3.51. The number of nitrogens with one attached hydrogen (secondary N) is 1. The largest absolute Gasteiger partial charge is 0.329 e. The van der Waals surface area contributed by atoms with E-state index >= 15 is 0 Å². The number of halogens is 1. The molecular weight excluding hydrogens is 328 g/mol. The molecular formula is C14H27ClN2O2S2. The monoisotopic (exact) mass is 354 g/mol. The number of nitrogens with two attached hydrogens (primary N) is 1. The summed E-state index contributed by atoms with van der Waals surface area (Å²) in [6, 6.07) is 3.57. The van der Waals surface area contributed by atoms with Gasteiger partial charge < -0.3 is 5.73 Å². The molecule has 1 aromatic rings. The van der Waals surface area contributed by atoms with Crippen LogP contribution in [0.25, 0.3) is 0 Å².